The van der Waals surface area contributed by atoms with Gasteiger partial charge in [-0.15, -0.1) is 0 Å². The van der Waals surface area contributed by atoms with Crippen LogP contribution in [0.25, 0.3) is 11.3 Å². The van der Waals surface area contributed by atoms with E-state index >= 15 is 0 Å². The van der Waals surface area contributed by atoms with Crippen LogP contribution in [-0.4, -0.2) is 43.0 Å². The molecule has 202 valence electrons. The molecule has 3 atom stereocenters. The minimum Gasteiger partial charge on any atom is -0.480 e. The summed E-state index contributed by atoms with van der Waals surface area (Å²) < 4.78 is 49.9. The van der Waals surface area contributed by atoms with Crippen molar-refractivity contribution in [2.45, 2.75) is 57.9 Å². The molecule has 0 bridgehead atoms. The fourth-order valence-corrected chi connectivity index (χ4v) is 4.64. The Bertz CT molecular complexity index is 1360. The molecule has 0 fully saturated rings. The summed E-state index contributed by atoms with van der Waals surface area (Å²) in [6, 6.07) is 6.18. The summed E-state index contributed by atoms with van der Waals surface area (Å²) in [5, 5.41) is 13.5. The first-order valence-electron chi connectivity index (χ1n) is 12.0. The highest BCUT2D eigenvalue weighted by Crippen LogP contribution is 2.40. The smallest absolute Gasteiger partial charge is 0.429 e. The molecule has 12 heteroatoms. The number of aliphatic carboxylic acids is 1. The second-order valence-corrected chi connectivity index (χ2v) is 9.77. The van der Waals surface area contributed by atoms with Crippen LogP contribution in [0.4, 0.5) is 13.2 Å². The molecule has 1 aromatic carbocycles. The Labute approximate surface area is 222 Å². The van der Waals surface area contributed by atoms with Crippen LogP contribution < -0.4 is 10.5 Å². The van der Waals surface area contributed by atoms with E-state index in [4.69, 9.17) is 27.2 Å². The van der Waals surface area contributed by atoms with E-state index in [2.05, 4.69) is 15.1 Å². The van der Waals surface area contributed by atoms with Gasteiger partial charge in [-0.1, -0.05) is 23.7 Å². The molecule has 0 saturated carbocycles. The number of hydrogen-bond donors (Lipinski definition) is 2. The van der Waals surface area contributed by atoms with Gasteiger partial charge in [-0.3, -0.25) is 4.79 Å². The lowest BCUT2D eigenvalue weighted by atomic mass is 9.84. The zero-order chi connectivity index (χ0) is 27.6. The van der Waals surface area contributed by atoms with Crippen molar-refractivity contribution in [3.63, 3.8) is 0 Å². The van der Waals surface area contributed by atoms with Crippen LogP contribution in [0.2, 0.25) is 5.02 Å². The summed E-state index contributed by atoms with van der Waals surface area (Å²) in [5.41, 5.74) is 7.56. The second-order valence-electron chi connectivity index (χ2n) is 9.33. The van der Waals surface area contributed by atoms with E-state index in [1.54, 1.807) is 26.1 Å². The number of aromatic nitrogens is 4. The third-order valence-corrected chi connectivity index (χ3v) is 6.58. The maximum absolute atomic E-state index is 14.4. The van der Waals surface area contributed by atoms with Gasteiger partial charge in [0, 0.05) is 22.8 Å². The van der Waals surface area contributed by atoms with Gasteiger partial charge in [-0.05, 0) is 69.2 Å². The van der Waals surface area contributed by atoms with Crippen molar-refractivity contribution in [2.75, 3.05) is 0 Å². The lowest BCUT2D eigenvalue weighted by molar-refractivity contribution is -0.198. The van der Waals surface area contributed by atoms with E-state index in [1.165, 1.54) is 28.9 Å². The van der Waals surface area contributed by atoms with Crippen LogP contribution in [0.1, 0.15) is 54.6 Å². The molecule has 0 aliphatic heterocycles. The number of alkyl halides is 3. The average Bonchev–Trinajstić information content (AvgIpc) is 3.28. The highest BCUT2D eigenvalue weighted by atomic mass is 35.5. The van der Waals surface area contributed by atoms with Gasteiger partial charge >= 0.3 is 12.1 Å². The summed E-state index contributed by atoms with van der Waals surface area (Å²) in [7, 11) is 0. The predicted octanol–water partition coefficient (Wildman–Crippen LogP) is 5.60. The number of benzene rings is 1. The maximum atomic E-state index is 14.4. The van der Waals surface area contributed by atoms with Crippen molar-refractivity contribution in [2.24, 2.45) is 11.7 Å². The summed E-state index contributed by atoms with van der Waals surface area (Å²) in [6.07, 6.45) is -1.43. The molecule has 38 heavy (non-hydrogen) atoms. The first kappa shape index (κ1) is 27.6. The van der Waals surface area contributed by atoms with Gasteiger partial charge in [0.1, 0.15) is 11.9 Å². The zero-order valence-electron chi connectivity index (χ0n) is 20.7. The third kappa shape index (κ3) is 6.51. The second kappa shape index (κ2) is 11.1. The van der Waals surface area contributed by atoms with Crippen LogP contribution in [0.3, 0.4) is 0 Å². The fraction of sp³-hybridized carbons (Fsp3) is 0.385. The number of carbonyl (C=O) groups is 1. The van der Waals surface area contributed by atoms with Gasteiger partial charge in [-0.25, -0.2) is 9.67 Å². The molecule has 2 aromatic heterocycles. The summed E-state index contributed by atoms with van der Waals surface area (Å²) in [4.78, 5) is 19.6. The topological polar surface area (TPSA) is 116 Å². The first-order chi connectivity index (χ1) is 17.9. The van der Waals surface area contributed by atoms with E-state index in [-0.39, 0.29) is 33.9 Å². The number of aryl methyl sites for hydroxylation is 2. The van der Waals surface area contributed by atoms with Gasteiger partial charge in [0.2, 0.25) is 12.0 Å². The average molecular weight is 550 g/mol. The number of halogens is 4. The maximum Gasteiger partial charge on any atom is 0.429 e. The Hall–Kier alpha value is -3.44. The molecule has 4 rings (SSSR count). The molecule has 1 aliphatic carbocycles. The SMILES string of the molecule is Cc1ccn(-c2cc(Cl)ccc2C(Oc2cc(C3=CCC(CC(N)C(=O)O)CC3)nc(C)n2)C(F)(F)F)n1. The number of rotatable bonds is 8. The van der Waals surface area contributed by atoms with Crippen LogP contribution >= 0.6 is 11.6 Å². The molecule has 0 saturated heterocycles. The zero-order valence-corrected chi connectivity index (χ0v) is 21.5. The molecule has 0 amide bonds. The third-order valence-electron chi connectivity index (χ3n) is 6.35. The largest absolute Gasteiger partial charge is 0.480 e. The van der Waals surface area contributed by atoms with Crippen molar-refractivity contribution in [1.29, 1.82) is 0 Å². The highest BCUT2D eigenvalue weighted by Gasteiger charge is 2.45. The van der Waals surface area contributed by atoms with E-state index in [1.807, 2.05) is 6.08 Å². The predicted molar refractivity (Wildman–Crippen MR) is 135 cm³/mol. The number of carboxylic acids is 1. The number of allylic oxidation sites excluding steroid dienone is 2. The van der Waals surface area contributed by atoms with Gasteiger partial charge in [-0.2, -0.15) is 23.3 Å². The van der Waals surface area contributed by atoms with Gasteiger partial charge in [0.05, 0.1) is 17.1 Å². The summed E-state index contributed by atoms with van der Waals surface area (Å²) in [6.45, 7) is 3.31. The van der Waals surface area contributed by atoms with Crippen LogP contribution in [-0.2, 0) is 4.79 Å². The Morgan fingerprint density at radius 2 is 2.03 bits per heavy atom. The van der Waals surface area contributed by atoms with Crippen molar-refractivity contribution in [3.05, 3.63) is 70.4 Å². The Balaban J connectivity index is 1.63. The Morgan fingerprint density at radius 1 is 1.26 bits per heavy atom. The van der Waals surface area contributed by atoms with Crippen LogP contribution in [0.15, 0.2) is 42.6 Å². The fourth-order valence-electron chi connectivity index (χ4n) is 4.47. The number of nitrogens with two attached hydrogens (primary N) is 1. The Kier molecular flexibility index (Phi) is 8.08. The molecule has 0 spiro atoms. The van der Waals surface area contributed by atoms with E-state index in [0.29, 0.717) is 37.1 Å². The van der Waals surface area contributed by atoms with Crippen molar-refractivity contribution >= 4 is 23.1 Å². The summed E-state index contributed by atoms with van der Waals surface area (Å²) in [5.74, 6) is -0.900. The number of nitrogens with zero attached hydrogens (tertiary/aromatic N) is 4. The van der Waals surface area contributed by atoms with Crippen molar-refractivity contribution in [1.82, 2.24) is 19.7 Å². The molecule has 2 heterocycles. The molecule has 3 aromatic rings. The van der Waals surface area contributed by atoms with E-state index in [0.717, 1.165) is 5.57 Å². The minimum absolute atomic E-state index is 0.104. The lowest BCUT2D eigenvalue weighted by Crippen LogP contribution is -2.32. The molecule has 3 N–H and O–H groups in total. The van der Waals surface area contributed by atoms with Crippen LogP contribution in [0, 0.1) is 19.8 Å². The molecule has 8 nitrogen and oxygen atoms in total. The normalized spacial score (nSPS) is 17.6. The molecular formula is C26H27ClF3N5O3. The number of ether oxygens (including phenoxy) is 1. The molecule has 0 radical (unpaired) electrons. The monoisotopic (exact) mass is 549 g/mol. The first-order valence-corrected chi connectivity index (χ1v) is 12.4. The van der Waals surface area contributed by atoms with Gasteiger partial charge in [0.25, 0.3) is 0 Å². The number of carboxylic acid groups (broad SMARTS) is 1. The molecular weight excluding hydrogens is 523 g/mol. The summed E-state index contributed by atoms with van der Waals surface area (Å²) >= 11 is 6.11. The number of hydrogen-bond acceptors (Lipinski definition) is 6. The van der Waals surface area contributed by atoms with Gasteiger partial charge < -0.3 is 15.6 Å². The van der Waals surface area contributed by atoms with Crippen molar-refractivity contribution in [3.8, 4) is 11.6 Å². The molecule has 3 unspecified atom stereocenters. The standard InChI is InChI=1S/C26H27ClF3N5O3/c1-14-9-10-35(34-14)22-12-18(27)7-8-19(22)24(26(28,29)30)38-23-13-21(32-15(2)33-23)17-5-3-16(4-6-17)11-20(31)25(36)37/h5,7-10,12-13,16,20,24H,3-4,6,11,31H2,1-2H3,(H,36,37). The van der Waals surface area contributed by atoms with Gasteiger partial charge in [0.15, 0.2) is 0 Å². The van der Waals surface area contributed by atoms with E-state index < -0.39 is 24.3 Å². The molecule has 1 aliphatic rings. The van der Waals surface area contributed by atoms with Crippen LogP contribution in [0.5, 0.6) is 5.88 Å². The minimum atomic E-state index is -4.77. The quantitative estimate of drug-likeness (QED) is 0.375. The lowest BCUT2D eigenvalue weighted by Gasteiger charge is -2.25. The Morgan fingerprint density at radius 3 is 2.63 bits per heavy atom. The van der Waals surface area contributed by atoms with E-state index in [9.17, 15) is 18.0 Å². The highest BCUT2D eigenvalue weighted by molar-refractivity contribution is 6.30. The van der Waals surface area contributed by atoms with Crippen molar-refractivity contribution < 1.29 is 27.8 Å².